The molecule has 10 heteroatoms. The van der Waals surface area contributed by atoms with Crippen molar-refractivity contribution in [2.75, 3.05) is 0 Å². The van der Waals surface area contributed by atoms with Crippen molar-refractivity contribution in [3.63, 3.8) is 0 Å². The predicted molar refractivity (Wildman–Crippen MR) is 98.0 cm³/mol. The van der Waals surface area contributed by atoms with E-state index < -0.39 is 29.9 Å². The lowest BCUT2D eigenvalue weighted by Gasteiger charge is -2.30. The molecule has 0 aliphatic carbocycles. The lowest BCUT2D eigenvalue weighted by atomic mass is 9.95. The summed E-state index contributed by atoms with van der Waals surface area (Å²) >= 11 is 0. The van der Waals surface area contributed by atoms with Gasteiger partial charge in [0.25, 0.3) is 18.2 Å². The maximum absolute atomic E-state index is 13.0. The highest BCUT2D eigenvalue weighted by molar-refractivity contribution is 5.97. The zero-order chi connectivity index (χ0) is 22.0. The van der Waals surface area contributed by atoms with E-state index in [9.17, 15) is 23.5 Å². The third-order valence-corrected chi connectivity index (χ3v) is 3.59. The van der Waals surface area contributed by atoms with E-state index in [1.54, 1.807) is 6.07 Å². The molecule has 0 bridgehead atoms. The van der Waals surface area contributed by atoms with Crippen LogP contribution in [0.2, 0.25) is 0 Å². The molecule has 0 saturated heterocycles. The van der Waals surface area contributed by atoms with Gasteiger partial charge in [-0.1, -0.05) is 11.1 Å². The zero-order valence-corrected chi connectivity index (χ0v) is 15.4. The molecule has 1 aromatic carbocycles. The van der Waals surface area contributed by atoms with Crippen LogP contribution in [-0.2, 0) is 4.79 Å². The van der Waals surface area contributed by atoms with E-state index in [1.807, 2.05) is 5.32 Å². The molecule has 0 spiro atoms. The molecule has 0 fully saturated rings. The molecule has 2 aromatic rings. The minimum Gasteiger partial charge on any atom is -0.381 e. The van der Waals surface area contributed by atoms with Crippen molar-refractivity contribution in [3.05, 3.63) is 66.6 Å². The molecule has 2 amide bonds. The number of aromatic nitrogens is 1. The fourth-order valence-corrected chi connectivity index (χ4v) is 2.00. The van der Waals surface area contributed by atoms with Crippen LogP contribution in [0.25, 0.3) is 0 Å². The van der Waals surface area contributed by atoms with Crippen molar-refractivity contribution < 1.29 is 33.2 Å². The number of carbonyl (C=O) groups is 2. The lowest BCUT2D eigenvalue weighted by molar-refractivity contribution is -0.149. The van der Waals surface area contributed by atoms with Crippen LogP contribution < -0.4 is 10.8 Å². The monoisotopic (exact) mass is 407 g/mol. The van der Waals surface area contributed by atoms with Crippen LogP contribution in [-0.4, -0.2) is 45.4 Å². The van der Waals surface area contributed by atoms with Crippen LogP contribution in [0.3, 0.4) is 0 Å². The standard InChI is InChI=1S/C17H15F2N3O5.C2H4/c1-17(25,16(18)19)13(15(24)22-26)21-14(23)11-5-2-10(3-6-11)4-7-12-8-9-20-27-12;1-2/h2-3,5-6,8-9,13,16,25-26H,1H3,(H,21,23)(H,22,24);1-2H2. The van der Waals surface area contributed by atoms with Gasteiger partial charge < -0.3 is 14.9 Å². The summed E-state index contributed by atoms with van der Waals surface area (Å²) in [6, 6.07) is 5.17. The summed E-state index contributed by atoms with van der Waals surface area (Å²) in [5, 5.41) is 23.9. The topological polar surface area (TPSA) is 125 Å². The molecule has 8 nitrogen and oxygen atoms in total. The number of benzene rings is 1. The number of hydrogen-bond donors (Lipinski definition) is 4. The van der Waals surface area contributed by atoms with E-state index in [0.29, 0.717) is 18.2 Å². The second kappa shape index (κ2) is 10.7. The number of nitrogens with zero attached hydrogens (tertiary/aromatic N) is 1. The number of aliphatic hydroxyl groups is 1. The largest absolute Gasteiger partial charge is 0.381 e. The van der Waals surface area contributed by atoms with Crippen LogP contribution >= 0.6 is 0 Å². The Morgan fingerprint density at radius 2 is 1.83 bits per heavy atom. The Kier molecular flexibility index (Phi) is 8.67. The molecule has 0 aliphatic heterocycles. The average Bonchev–Trinajstić information content (AvgIpc) is 3.25. The number of nitrogens with one attached hydrogen (secondary N) is 2. The summed E-state index contributed by atoms with van der Waals surface area (Å²) in [6.45, 7) is 6.67. The minimum absolute atomic E-state index is 0.0287. The van der Waals surface area contributed by atoms with Gasteiger partial charge in [0.2, 0.25) is 5.76 Å². The van der Waals surface area contributed by atoms with Gasteiger partial charge in [0.15, 0.2) is 5.60 Å². The maximum Gasteiger partial charge on any atom is 0.269 e. The fraction of sp³-hybridized carbons (Fsp3) is 0.211. The summed E-state index contributed by atoms with van der Waals surface area (Å²) in [6.07, 6.45) is -1.92. The molecule has 0 aliphatic rings. The van der Waals surface area contributed by atoms with Crippen LogP contribution in [0.4, 0.5) is 8.78 Å². The number of hydroxylamine groups is 1. The van der Waals surface area contributed by atoms with Gasteiger partial charge in [-0.3, -0.25) is 14.8 Å². The van der Waals surface area contributed by atoms with Gasteiger partial charge in [-0.05, 0) is 37.1 Å². The number of hydrogen-bond acceptors (Lipinski definition) is 6. The van der Waals surface area contributed by atoms with Crippen molar-refractivity contribution >= 4 is 11.8 Å². The number of amides is 2. The van der Waals surface area contributed by atoms with Crippen LogP contribution in [0.15, 0.2) is 54.2 Å². The summed E-state index contributed by atoms with van der Waals surface area (Å²) < 4.78 is 30.8. The van der Waals surface area contributed by atoms with Gasteiger partial charge in [-0.15, -0.1) is 13.2 Å². The molecule has 2 unspecified atom stereocenters. The van der Waals surface area contributed by atoms with Crippen molar-refractivity contribution in [2.24, 2.45) is 0 Å². The Bertz CT molecular complexity index is 871. The Balaban J connectivity index is 0.00000204. The second-order valence-corrected chi connectivity index (χ2v) is 5.61. The number of carbonyl (C=O) groups excluding carboxylic acids is 2. The van der Waals surface area contributed by atoms with Crippen LogP contribution in [0.5, 0.6) is 0 Å². The predicted octanol–water partition coefficient (Wildman–Crippen LogP) is 1.50. The molecular weight excluding hydrogens is 388 g/mol. The molecule has 2 atom stereocenters. The van der Waals surface area contributed by atoms with Crippen molar-refractivity contribution in [3.8, 4) is 11.8 Å². The van der Waals surface area contributed by atoms with E-state index in [2.05, 4.69) is 30.2 Å². The molecule has 2 rings (SSSR count). The normalized spacial score (nSPS) is 13.0. The molecule has 29 heavy (non-hydrogen) atoms. The molecule has 154 valence electrons. The van der Waals surface area contributed by atoms with Gasteiger partial charge >= 0.3 is 0 Å². The van der Waals surface area contributed by atoms with E-state index in [0.717, 1.165) is 5.48 Å². The Labute approximate surface area is 165 Å². The Morgan fingerprint density at radius 3 is 2.31 bits per heavy atom. The minimum atomic E-state index is -3.35. The molecule has 0 radical (unpaired) electrons. The van der Waals surface area contributed by atoms with E-state index >= 15 is 0 Å². The highest BCUT2D eigenvalue weighted by atomic mass is 19.3. The highest BCUT2D eigenvalue weighted by Crippen LogP contribution is 2.20. The van der Waals surface area contributed by atoms with Gasteiger partial charge in [0.05, 0.1) is 6.20 Å². The Hall–Kier alpha value is -3.55. The molecular formula is C19H19F2N3O5. The first kappa shape index (κ1) is 23.5. The van der Waals surface area contributed by atoms with Crippen LogP contribution in [0, 0.1) is 11.8 Å². The second-order valence-electron chi connectivity index (χ2n) is 5.61. The Morgan fingerprint density at radius 1 is 1.21 bits per heavy atom. The van der Waals surface area contributed by atoms with E-state index in [-0.39, 0.29) is 5.56 Å². The van der Waals surface area contributed by atoms with Gasteiger partial charge in [0.1, 0.15) is 6.04 Å². The molecule has 4 N–H and O–H groups in total. The number of halogens is 2. The molecule has 1 aromatic heterocycles. The van der Waals surface area contributed by atoms with Crippen molar-refractivity contribution in [1.82, 2.24) is 16.0 Å². The average molecular weight is 407 g/mol. The summed E-state index contributed by atoms with van der Waals surface area (Å²) in [5.41, 5.74) is -1.19. The summed E-state index contributed by atoms with van der Waals surface area (Å²) in [7, 11) is 0. The summed E-state index contributed by atoms with van der Waals surface area (Å²) in [4.78, 5) is 23.8. The van der Waals surface area contributed by atoms with Gasteiger partial charge in [-0.2, -0.15) is 0 Å². The third-order valence-electron chi connectivity index (χ3n) is 3.59. The SMILES string of the molecule is C=C.CC(O)(C(F)F)C(NC(=O)c1ccc(C#Cc2ccno2)cc1)C(=O)NO. The third kappa shape index (κ3) is 6.24. The quantitative estimate of drug-likeness (QED) is 0.258. The number of alkyl halides is 2. The fourth-order valence-electron chi connectivity index (χ4n) is 2.00. The van der Waals surface area contributed by atoms with Gasteiger partial charge in [0, 0.05) is 17.2 Å². The molecule has 1 heterocycles. The van der Waals surface area contributed by atoms with Crippen LogP contribution in [0.1, 0.15) is 28.6 Å². The maximum atomic E-state index is 13.0. The first-order valence-electron chi connectivity index (χ1n) is 8.03. The molecule has 0 saturated carbocycles. The summed E-state index contributed by atoms with van der Waals surface area (Å²) in [5.74, 6) is 3.53. The first-order chi connectivity index (χ1) is 13.8. The number of rotatable bonds is 5. The van der Waals surface area contributed by atoms with E-state index in [4.69, 9.17) is 9.73 Å². The van der Waals surface area contributed by atoms with Crippen molar-refractivity contribution in [1.29, 1.82) is 0 Å². The van der Waals surface area contributed by atoms with Crippen molar-refractivity contribution in [2.45, 2.75) is 25.0 Å². The highest BCUT2D eigenvalue weighted by Gasteiger charge is 2.46. The smallest absolute Gasteiger partial charge is 0.269 e. The van der Waals surface area contributed by atoms with Gasteiger partial charge in [-0.25, -0.2) is 14.3 Å². The zero-order valence-electron chi connectivity index (χ0n) is 15.4. The van der Waals surface area contributed by atoms with E-state index in [1.165, 1.54) is 30.5 Å². The first-order valence-corrected chi connectivity index (χ1v) is 8.03. The lowest BCUT2D eigenvalue weighted by Crippen LogP contribution is -2.61.